The molecule has 0 aliphatic rings. The molecule has 0 unspecified atom stereocenters. The van der Waals surface area contributed by atoms with Gasteiger partial charge < -0.3 is 19.6 Å². The van der Waals surface area contributed by atoms with Crippen LogP contribution in [0.5, 0.6) is 5.75 Å². The molecule has 0 aliphatic heterocycles. The van der Waals surface area contributed by atoms with Gasteiger partial charge in [-0.25, -0.2) is 4.98 Å². The van der Waals surface area contributed by atoms with Crippen LogP contribution in [-0.2, 0) is 17.8 Å². The standard InChI is InChI=1S/C27H24N4O3/c1-17-23(18(2)34-31-17)16-33-22-12-10-19(11-13-22)14-26(32)28-21-7-5-6-20(15-21)27-29-24-8-3-4-9-25(24)30-27/h3-13,15H,14,16H2,1-2H3,(H,28,32)(H,29,30). The lowest BCUT2D eigenvalue weighted by Gasteiger charge is -2.09. The van der Waals surface area contributed by atoms with Crippen molar-refractivity contribution in [1.29, 1.82) is 0 Å². The molecule has 0 radical (unpaired) electrons. The molecule has 3 aromatic carbocycles. The number of imidazole rings is 1. The second kappa shape index (κ2) is 9.23. The molecule has 0 saturated heterocycles. The van der Waals surface area contributed by atoms with Gasteiger partial charge in [0.1, 0.15) is 23.9 Å². The highest BCUT2D eigenvalue weighted by molar-refractivity contribution is 5.93. The van der Waals surface area contributed by atoms with E-state index in [9.17, 15) is 4.79 Å². The maximum absolute atomic E-state index is 12.6. The largest absolute Gasteiger partial charge is 0.489 e. The minimum absolute atomic E-state index is 0.0915. The van der Waals surface area contributed by atoms with Crippen molar-refractivity contribution in [3.63, 3.8) is 0 Å². The van der Waals surface area contributed by atoms with Crippen LogP contribution in [0.2, 0.25) is 0 Å². The number of hydrogen-bond donors (Lipinski definition) is 2. The number of nitrogens with one attached hydrogen (secondary N) is 2. The molecule has 2 aromatic heterocycles. The number of anilines is 1. The second-order valence-electron chi connectivity index (χ2n) is 8.14. The van der Waals surface area contributed by atoms with Crippen molar-refractivity contribution in [2.24, 2.45) is 0 Å². The number of nitrogens with zero attached hydrogens (tertiary/aromatic N) is 2. The van der Waals surface area contributed by atoms with E-state index in [0.717, 1.165) is 56.4 Å². The summed E-state index contributed by atoms with van der Waals surface area (Å²) in [6.07, 6.45) is 0.263. The summed E-state index contributed by atoms with van der Waals surface area (Å²) >= 11 is 0. The molecule has 7 heteroatoms. The molecule has 5 rings (SSSR count). The molecule has 0 bridgehead atoms. The monoisotopic (exact) mass is 452 g/mol. The number of carbonyl (C=O) groups is 1. The highest BCUT2D eigenvalue weighted by atomic mass is 16.5. The summed E-state index contributed by atoms with van der Waals surface area (Å²) in [6.45, 7) is 4.15. The number of aromatic amines is 1. The maximum atomic E-state index is 12.6. The van der Waals surface area contributed by atoms with Crippen LogP contribution in [0.25, 0.3) is 22.4 Å². The minimum Gasteiger partial charge on any atom is -0.489 e. The predicted octanol–water partition coefficient (Wildman–Crippen LogP) is 5.59. The van der Waals surface area contributed by atoms with Crippen LogP contribution >= 0.6 is 0 Å². The van der Waals surface area contributed by atoms with E-state index < -0.39 is 0 Å². The molecule has 34 heavy (non-hydrogen) atoms. The van der Waals surface area contributed by atoms with Crippen molar-refractivity contribution in [2.75, 3.05) is 5.32 Å². The number of H-pyrrole nitrogens is 1. The second-order valence-corrected chi connectivity index (χ2v) is 8.14. The first-order valence-electron chi connectivity index (χ1n) is 11.0. The summed E-state index contributed by atoms with van der Waals surface area (Å²) in [5.41, 5.74) is 6.20. The number of fused-ring (bicyclic) bond motifs is 1. The zero-order valence-electron chi connectivity index (χ0n) is 19.0. The Hall–Kier alpha value is -4.39. The molecule has 0 saturated carbocycles. The van der Waals surface area contributed by atoms with Gasteiger partial charge in [0.05, 0.1) is 28.7 Å². The first-order valence-corrected chi connectivity index (χ1v) is 11.0. The van der Waals surface area contributed by atoms with Gasteiger partial charge in [0.2, 0.25) is 5.91 Å². The minimum atomic E-state index is -0.0915. The Balaban J connectivity index is 1.20. The maximum Gasteiger partial charge on any atom is 0.228 e. The Morgan fingerprint density at radius 1 is 1.03 bits per heavy atom. The van der Waals surface area contributed by atoms with Gasteiger partial charge in [-0.15, -0.1) is 0 Å². The number of para-hydroxylation sites is 2. The highest BCUT2D eigenvalue weighted by Crippen LogP contribution is 2.23. The van der Waals surface area contributed by atoms with Gasteiger partial charge in [-0.3, -0.25) is 4.79 Å². The van der Waals surface area contributed by atoms with Crippen LogP contribution in [0.1, 0.15) is 22.6 Å². The van der Waals surface area contributed by atoms with Gasteiger partial charge in [0.25, 0.3) is 0 Å². The first-order chi connectivity index (χ1) is 16.5. The molecule has 7 nitrogen and oxygen atoms in total. The fourth-order valence-corrected chi connectivity index (χ4v) is 3.79. The molecule has 170 valence electrons. The van der Waals surface area contributed by atoms with E-state index in [1.165, 1.54) is 0 Å². The van der Waals surface area contributed by atoms with Crippen LogP contribution in [0, 0.1) is 13.8 Å². The quantitative estimate of drug-likeness (QED) is 0.336. The van der Waals surface area contributed by atoms with E-state index in [1.54, 1.807) is 0 Å². The van der Waals surface area contributed by atoms with Crippen LogP contribution in [0.15, 0.2) is 77.3 Å². The number of aryl methyl sites for hydroxylation is 2. The number of hydrogen-bond acceptors (Lipinski definition) is 5. The molecule has 5 aromatic rings. The van der Waals surface area contributed by atoms with Crippen molar-refractivity contribution < 1.29 is 14.1 Å². The lowest BCUT2D eigenvalue weighted by atomic mass is 10.1. The molecule has 0 fully saturated rings. The van der Waals surface area contributed by atoms with E-state index in [2.05, 4.69) is 20.4 Å². The first kappa shape index (κ1) is 21.5. The fourth-order valence-electron chi connectivity index (χ4n) is 3.79. The summed E-state index contributed by atoms with van der Waals surface area (Å²) in [5, 5.41) is 6.91. The van der Waals surface area contributed by atoms with Gasteiger partial charge in [0.15, 0.2) is 0 Å². The normalized spacial score (nSPS) is 11.0. The molecule has 0 spiro atoms. The number of ether oxygens (including phenoxy) is 1. The van der Waals surface area contributed by atoms with Gasteiger partial charge in [-0.2, -0.15) is 0 Å². The Bertz CT molecular complexity index is 1400. The lowest BCUT2D eigenvalue weighted by molar-refractivity contribution is -0.115. The van der Waals surface area contributed by atoms with Crippen LogP contribution in [0.4, 0.5) is 5.69 Å². The zero-order valence-corrected chi connectivity index (χ0v) is 19.0. The number of aromatic nitrogens is 3. The summed E-state index contributed by atoms with van der Waals surface area (Å²) in [4.78, 5) is 20.6. The third-order valence-electron chi connectivity index (χ3n) is 5.66. The van der Waals surface area contributed by atoms with Crippen molar-refractivity contribution >= 4 is 22.6 Å². The third kappa shape index (κ3) is 4.68. The van der Waals surface area contributed by atoms with E-state index >= 15 is 0 Å². The summed E-state index contributed by atoms with van der Waals surface area (Å²) < 4.78 is 11.0. The van der Waals surface area contributed by atoms with E-state index in [4.69, 9.17) is 9.26 Å². The summed E-state index contributed by atoms with van der Waals surface area (Å²) in [5.74, 6) is 2.16. The summed E-state index contributed by atoms with van der Waals surface area (Å²) in [6, 6.07) is 23.1. The van der Waals surface area contributed by atoms with Crippen LogP contribution < -0.4 is 10.1 Å². The SMILES string of the molecule is Cc1noc(C)c1COc1ccc(CC(=O)Nc2cccc(-c3nc4ccccc4[nH]3)c2)cc1. The van der Waals surface area contributed by atoms with Gasteiger partial charge in [-0.1, -0.05) is 41.6 Å². The Morgan fingerprint density at radius 3 is 2.62 bits per heavy atom. The molecular weight excluding hydrogens is 428 g/mol. The van der Waals surface area contributed by atoms with Gasteiger partial charge >= 0.3 is 0 Å². The average Bonchev–Trinajstić information content (AvgIpc) is 3.42. The molecule has 0 aliphatic carbocycles. The highest BCUT2D eigenvalue weighted by Gasteiger charge is 2.11. The molecule has 2 N–H and O–H groups in total. The Kier molecular flexibility index (Phi) is 5.82. The fraction of sp³-hybridized carbons (Fsp3) is 0.148. The third-order valence-corrected chi connectivity index (χ3v) is 5.66. The number of carbonyl (C=O) groups excluding carboxylic acids is 1. The smallest absolute Gasteiger partial charge is 0.228 e. The van der Waals surface area contributed by atoms with Crippen LogP contribution in [0.3, 0.4) is 0 Å². The Morgan fingerprint density at radius 2 is 1.85 bits per heavy atom. The Labute approximate surface area is 196 Å². The number of rotatable bonds is 7. The van der Waals surface area contributed by atoms with Gasteiger partial charge in [0, 0.05) is 11.3 Å². The lowest BCUT2D eigenvalue weighted by Crippen LogP contribution is -2.14. The molecular formula is C27H24N4O3. The number of amides is 1. The van der Waals surface area contributed by atoms with Crippen LogP contribution in [-0.4, -0.2) is 21.0 Å². The van der Waals surface area contributed by atoms with Crippen molar-refractivity contribution in [3.05, 3.63) is 95.4 Å². The van der Waals surface area contributed by atoms with E-state index in [-0.39, 0.29) is 12.3 Å². The van der Waals surface area contributed by atoms with Crippen molar-refractivity contribution in [1.82, 2.24) is 15.1 Å². The average molecular weight is 453 g/mol. The topological polar surface area (TPSA) is 93.0 Å². The van der Waals surface area contributed by atoms with E-state index in [1.807, 2.05) is 86.6 Å². The molecule has 1 amide bonds. The number of benzene rings is 3. The van der Waals surface area contributed by atoms with E-state index in [0.29, 0.717) is 6.61 Å². The molecule has 2 heterocycles. The van der Waals surface area contributed by atoms with Gasteiger partial charge in [-0.05, 0) is 55.8 Å². The summed E-state index contributed by atoms with van der Waals surface area (Å²) in [7, 11) is 0. The zero-order chi connectivity index (χ0) is 23.5. The molecule has 0 atom stereocenters. The van der Waals surface area contributed by atoms with Crippen molar-refractivity contribution in [3.8, 4) is 17.1 Å². The van der Waals surface area contributed by atoms with Crippen molar-refractivity contribution in [2.45, 2.75) is 26.9 Å². The predicted molar refractivity (Wildman–Crippen MR) is 131 cm³/mol.